The first-order chi connectivity index (χ1) is 10.3. The summed E-state index contributed by atoms with van der Waals surface area (Å²) in [6.45, 7) is 3.54. The number of nitrogens with one attached hydrogen (secondary N) is 2. The van der Waals surface area contributed by atoms with Gasteiger partial charge in [0.1, 0.15) is 0 Å². The zero-order valence-corrected chi connectivity index (χ0v) is 13.7. The molecule has 0 bridgehead atoms. The number of nitrogens with zero attached hydrogens (tertiary/aromatic N) is 3. The fraction of sp³-hybridized carbons (Fsp3) is 0.692. The van der Waals surface area contributed by atoms with Crippen LogP contribution in [0, 0.1) is 0 Å². The number of carbonyl (C=O) groups excluding carboxylic acids is 1. The number of hydrogen-bond donors (Lipinski definition) is 2. The summed E-state index contributed by atoms with van der Waals surface area (Å²) in [5.41, 5.74) is 0. The highest BCUT2D eigenvalue weighted by Gasteiger charge is 2.26. The van der Waals surface area contributed by atoms with E-state index in [-0.39, 0.29) is 18.1 Å². The van der Waals surface area contributed by atoms with Gasteiger partial charge in [0.05, 0.1) is 12.8 Å². The summed E-state index contributed by atoms with van der Waals surface area (Å²) in [5.74, 6) is 0. The van der Waals surface area contributed by atoms with Crippen molar-refractivity contribution in [2.45, 2.75) is 38.4 Å². The first-order valence-corrected chi connectivity index (χ1v) is 9.23. The van der Waals surface area contributed by atoms with Crippen LogP contribution in [-0.2, 0) is 16.6 Å². The van der Waals surface area contributed by atoms with E-state index in [0.29, 0.717) is 19.6 Å². The number of carbonyl (C=O) groups is 1. The second-order valence-electron chi connectivity index (χ2n) is 5.75. The molecule has 0 unspecified atom stereocenters. The Hall–Kier alpha value is -1.61. The fourth-order valence-corrected chi connectivity index (χ4v) is 3.40. The van der Waals surface area contributed by atoms with E-state index in [1.54, 1.807) is 15.8 Å². The van der Waals surface area contributed by atoms with Crippen LogP contribution in [0.15, 0.2) is 18.5 Å². The molecule has 8 nitrogen and oxygen atoms in total. The zero-order valence-electron chi connectivity index (χ0n) is 12.9. The van der Waals surface area contributed by atoms with E-state index in [4.69, 9.17) is 0 Å². The molecule has 22 heavy (non-hydrogen) atoms. The van der Waals surface area contributed by atoms with Gasteiger partial charge in [-0.05, 0) is 25.8 Å². The normalized spacial score (nSPS) is 20.6. The molecule has 0 aliphatic carbocycles. The summed E-state index contributed by atoms with van der Waals surface area (Å²) in [6.07, 6.45) is 6.21. The highest BCUT2D eigenvalue weighted by molar-refractivity contribution is 7.88. The molecular weight excluding hydrogens is 306 g/mol. The Bertz CT molecular complexity index is 587. The zero-order chi connectivity index (χ0) is 16.2. The largest absolute Gasteiger partial charge is 0.334 e. The van der Waals surface area contributed by atoms with Gasteiger partial charge in [-0.3, -0.25) is 4.68 Å². The molecule has 0 radical (unpaired) electrons. The molecule has 0 spiro atoms. The van der Waals surface area contributed by atoms with Gasteiger partial charge in [0.15, 0.2) is 0 Å². The topological polar surface area (TPSA) is 96.3 Å². The van der Waals surface area contributed by atoms with Crippen LogP contribution in [0.5, 0.6) is 0 Å². The molecular formula is C13H23N5O3S. The van der Waals surface area contributed by atoms with E-state index in [1.165, 1.54) is 0 Å². The van der Waals surface area contributed by atoms with Crippen molar-refractivity contribution in [1.29, 1.82) is 0 Å². The predicted molar refractivity (Wildman–Crippen MR) is 82.8 cm³/mol. The van der Waals surface area contributed by atoms with Gasteiger partial charge in [-0.25, -0.2) is 17.9 Å². The Balaban J connectivity index is 1.83. The van der Waals surface area contributed by atoms with E-state index in [1.807, 2.05) is 19.2 Å². The second kappa shape index (κ2) is 7.10. The standard InChI is InChI=1S/C13H23N5O3S/c1-11(9-18-8-4-6-14-18)15-13(19)17-7-3-5-12(10-17)16-22(2,20)21/h4,6,8,11-12,16H,3,5,7,9-10H2,1-2H3,(H,15,19)/t11-,12-/m1/s1. The molecule has 1 fully saturated rings. The van der Waals surface area contributed by atoms with E-state index < -0.39 is 10.0 Å². The number of aromatic nitrogens is 2. The van der Waals surface area contributed by atoms with Crippen molar-refractivity contribution in [2.24, 2.45) is 0 Å². The van der Waals surface area contributed by atoms with Crippen LogP contribution in [0.3, 0.4) is 0 Å². The number of hydrogen-bond acceptors (Lipinski definition) is 4. The third-order valence-electron chi connectivity index (χ3n) is 3.48. The minimum absolute atomic E-state index is 0.0596. The van der Waals surface area contributed by atoms with Crippen LogP contribution in [-0.4, -0.2) is 60.6 Å². The molecule has 2 heterocycles. The van der Waals surface area contributed by atoms with Crippen molar-refractivity contribution in [3.8, 4) is 0 Å². The number of rotatable bonds is 5. The Labute approximate surface area is 130 Å². The lowest BCUT2D eigenvalue weighted by Gasteiger charge is -2.33. The van der Waals surface area contributed by atoms with Gasteiger partial charge in [0.2, 0.25) is 10.0 Å². The number of sulfonamides is 1. The van der Waals surface area contributed by atoms with Gasteiger partial charge < -0.3 is 10.2 Å². The third kappa shape index (κ3) is 5.30. The molecule has 0 aromatic carbocycles. The minimum Gasteiger partial charge on any atom is -0.334 e. The predicted octanol–water partition coefficient (Wildman–Crippen LogP) is -0.00520. The summed E-state index contributed by atoms with van der Waals surface area (Å²) in [7, 11) is -3.25. The highest BCUT2D eigenvalue weighted by Crippen LogP contribution is 2.11. The monoisotopic (exact) mass is 329 g/mol. The molecule has 2 N–H and O–H groups in total. The summed E-state index contributed by atoms with van der Waals surface area (Å²) < 4.78 is 26.9. The van der Waals surface area contributed by atoms with E-state index in [9.17, 15) is 13.2 Å². The average molecular weight is 329 g/mol. The lowest BCUT2D eigenvalue weighted by molar-refractivity contribution is 0.173. The fourth-order valence-electron chi connectivity index (χ4n) is 2.60. The van der Waals surface area contributed by atoms with Crippen molar-refractivity contribution in [1.82, 2.24) is 24.7 Å². The van der Waals surface area contributed by atoms with Gasteiger partial charge in [0, 0.05) is 37.6 Å². The first kappa shape index (κ1) is 16.8. The Kier molecular flexibility index (Phi) is 5.41. The first-order valence-electron chi connectivity index (χ1n) is 7.33. The third-order valence-corrected chi connectivity index (χ3v) is 4.24. The SMILES string of the molecule is C[C@H](Cn1cccn1)NC(=O)N1CCC[C@@H](NS(C)(=O)=O)C1. The van der Waals surface area contributed by atoms with Crippen LogP contribution < -0.4 is 10.0 Å². The Morgan fingerprint density at radius 3 is 2.91 bits per heavy atom. The molecule has 1 aliphatic rings. The number of urea groups is 1. The van der Waals surface area contributed by atoms with Gasteiger partial charge in [-0.15, -0.1) is 0 Å². The highest BCUT2D eigenvalue weighted by atomic mass is 32.2. The van der Waals surface area contributed by atoms with Crippen LogP contribution in [0.25, 0.3) is 0 Å². The quantitative estimate of drug-likeness (QED) is 0.794. The molecule has 1 aromatic heterocycles. The maximum Gasteiger partial charge on any atom is 0.317 e. The molecule has 2 amide bonds. The molecule has 2 atom stereocenters. The minimum atomic E-state index is -3.25. The molecule has 1 saturated heterocycles. The molecule has 2 rings (SSSR count). The lowest BCUT2D eigenvalue weighted by Crippen LogP contribution is -2.53. The van der Waals surface area contributed by atoms with Crippen molar-refractivity contribution in [3.63, 3.8) is 0 Å². The summed E-state index contributed by atoms with van der Waals surface area (Å²) in [5, 5.41) is 7.02. The maximum atomic E-state index is 12.3. The maximum absolute atomic E-state index is 12.3. The smallest absolute Gasteiger partial charge is 0.317 e. The summed E-state index contributed by atoms with van der Waals surface area (Å²) in [4.78, 5) is 13.9. The number of likely N-dealkylation sites (tertiary alicyclic amines) is 1. The van der Waals surface area contributed by atoms with Crippen molar-refractivity contribution >= 4 is 16.1 Å². The van der Waals surface area contributed by atoms with Crippen molar-refractivity contribution in [2.75, 3.05) is 19.3 Å². The van der Waals surface area contributed by atoms with Crippen LogP contribution in [0.2, 0.25) is 0 Å². The summed E-state index contributed by atoms with van der Waals surface area (Å²) in [6, 6.07) is 1.40. The average Bonchev–Trinajstić information content (AvgIpc) is 2.89. The molecule has 124 valence electrons. The molecule has 0 saturated carbocycles. The number of amides is 2. The van der Waals surface area contributed by atoms with Crippen molar-refractivity contribution < 1.29 is 13.2 Å². The number of piperidine rings is 1. The molecule has 1 aromatic rings. The van der Waals surface area contributed by atoms with Gasteiger partial charge in [0.25, 0.3) is 0 Å². The van der Waals surface area contributed by atoms with Gasteiger partial charge in [-0.1, -0.05) is 0 Å². The van der Waals surface area contributed by atoms with Gasteiger partial charge >= 0.3 is 6.03 Å². The summed E-state index contributed by atoms with van der Waals surface area (Å²) >= 11 is 0. The molecule has 1 aliphatic heterocycles. The van der Waals surface area contributed by atoms with Crippen LogP contribution in [0.4, 0.5) is 4.79 Å². The molecule has 9 heteroatoms. The second-order valence-corrected chi connectivity index (χ2v) is 7.53. The van der Waals surface area contributed by atoms with Crippen molar-refractivity contribution in [3.05, 3.63) is 18.5 Å². The Morgan fingerprint density at radius 1 is 1.50 bits per heavy atom. The van der Waals surface area contributed by atoms with E-state index in [0.717, 1.165) is 19.1 Å². The Morgan fingerprint density at radius 2 is 2.27 bits per heavy atom. The van der Waals surface area contributed by atoms with Crippen LogP contribution >= 0.6 is 0 Å². The van der Waals surface area contributed by atoms with Gasteiger partial charge in [-0.2, -0.15) is 5.10 Å². The van der Waals surface area contributed by atoms with E-state index >= 15 is 0 Å². The lowest BCUT2D eigenvalue weighted by atomic mass is 10.1. The van der Waals surface area contributed by atoms with Crippen LogP contribution in [0.1, 0.15) is 19.8 Å². The van der Waals surface area contributed by atoms with E-state index in [2.05, 4.69) is 15.1 Å².